The standard InChI is InChI=1S/C15H14BrNO2/c1-10-5-6-14(16)13(7-10)15(19)17-9-11-3-2-4-12(18)8-11/h2-8,18H,9H2,1H3,(H,17,19). The van der Waals surface area contributed by atoms with E-state index < -0.39 is 0 Å². The summed E-state index contributed by atoms with van der Waals surface area (Å²) < 4.78 is 0.770. The Hall–Kier alpha value is -1.81. The lowest BCUT2D eigenvalue weighted by Crippen LogP contribution is -2.23. The fourth-order valence-electron chi connectivity index (χ4n) is 1.76. The van der Waals surface area contributed by atoms with Crippen molar-refractivity contribution in [3.05, 3.63) is 63.6 Å². The quantitative estimate of drug-likeness (QED) is 0.911. The summed E-state index contributed by atoms with van der Waals surface area (Å²) in [6.07, 6.45) is 0. The van der Waals surface area contributed by atoms with E-state index in [4.69, 9.17) is 0 Å². The predicted molar refractivity (Wildman–Crippen MR) is 78.2 cm³/mol. The van der Waals surface area contributed by atoms with Gasteiger partial charge >= 0.3 is 0 Å². The molecule has 0 bridgehead atoms. The lowest BCUT2D eigenvalue weighted by molar-refractivity contribution is 0.0950. The van der Waals surface area contributed by atoms with Gasteiger partial charge in [0.15, 0.2) is 0 Å². The van der Waals surface area contributed by atoms with Gasteiger partial charge in [0.05, 0.1) is 5.56 Å². The minimum atomic E-state index is -0.140. The average Bonchev–Trinajstić information content (AvgIpc) is 2.39. The van der Waals surface area contributed by atoms with Gasteiger partial charge in [0.25, 0.3) is 5.91 Å². The second-order valence-corrected chi connectivity index (χ2v) is 5.19. The Kier molecular flexibility index (Phi) is 4.22. The third kappa shape index (κ3) is 3.58. The van der Waals surface area contributed by atoms with Crippen LogP contribution in [0.2, 0.25) is 0 Å². The number of phenols is 1. The summed E-state index contributed by atoms with van der Waals surface area (Å²) in [4.78, 5) is 12.1. The number of hydrogen-bond donors (Lipinski definition) is 2. The molecule has 0 aliphatic heterocycles. The number of rotatable bonds is 3. The highest BCUT2D eigenvalue weighted by atomic mass is 79.9. The van der Waals surface area contributed by atoms with E-state index in [1.807, 2.05) is 31.2 Å². The summed E-state index contributed by atoms with van der Waals surface area (Å²) in [6, 6.07) is 12.5. The van der Waals surface area contributed by atoms with E-state index in [-0.39, 0.29) is 11.7 Å². The first kappa shape index (κ1) is 13.6. The molecule has 4 heteroatoms. The fraction of sp³-hybridized carbons (Fsp3) is 0.133. The maximum atomic E-state index is 12.1. The second kappa shape index (κ2) is 5.89. The molecule has 0 heterocycles. The predicted octanol–water partition coefficient (Wildman–Crippen LogP) is 3.39. The molecular weight excluding hydrogens is 306 g/mol. The number of aryl methyl sites for hydroxylation is 1. The lowest BCUT2D eigenvalue weighted by Gasteiger charge is -2.08. The smallest absolute Gasteiger partial charge is 0.252 e. The molecule has 2 aromatic carbocycles. The summed E-state index contributed by atoms with van der Waals surface area (Å²) in [7, 11) is 0. The largest absolute Gasteiger partial charge is 0.508 e. The molecule has 2 N–H and O–H groups in total. The normalized spacial score (nSPS) is 10.2. The molecule has 3 nitrogen and oxygen atoms in total. The maximum absolute atomic E-state index is 12.1. The van der Waals surface area contributed by atoms with Crippen LogP contribution in [0, 0.1) is 6.92 Å². The molecular formula is C15H14BrNO2. The van der Waals surface area contributed by atoms with Crippen molar-refractivity contribution in [2.45, 2.75) is 13.5 Å². The highest BCUT2D eigenvalue weighted by Crippen LogP contribution is 2.18. The highest BCUT2D eigenvalue weighted by Gasteiger charge is 2.09. The molecule has 19 heavy (non-hydrogen) atoms. The van der Waals surface area contributed by atoms with Crippen LogP contribution in [0.3, 0.4) is 0 Å². The van der Waals surface area contributed by atoms with Crippen molar-refractivity contribution in [1.29, 1.82) is 0 Å². The first-order valence-corrected chi connectivity index (χ1v) is 6.68. The topological polar surface area (TPSA) is 49.3 Å². The van der Waals surface area contributed by atoms with Gasteiger partial charge in [-0.1, -0.05) is 23.8 Å². The summed E-state index contributed by atoms with van der Waals surface area (Å²) >= 11 is 3.37. The van der Waals surface area contributed by atoms with Gasteiger partial charge in [-0.3, -0.25) is 4.79 Å². The van der Waals surface area contributed by atoms with Gasteiger partial charge in [-0.2, -0.15) is 0 Å². The molecule has 0 unspecified atom stereocenters. The summed E-state index contributed by atoms with van der Waals surface area (Å²) in [5, 5.41) is 12.2. The molecule has 0 aliphatic rings. The molecule has 2 rings (SSSR count). The zero-order valence-electron chi connectivity index (χ0n) is 10.5. The van der Waals surface area contributed by atoms with E-state index in [9.17, 15) is 9.90 Å². The van der Waals surface area contributed by atoms with Crippen molar-refractivity contribution in [1.82, 2.24) is 5.32 Å². The minimum absolute atomic E-state index is 0.140. The van der Waals surface area contributed by atoms with Crippen LogP contribution in [0.1, 0.15) is 21.5 Å². The number of aromatic hydroxyl groups is 1. The Bertz CT molecular complexity index is 611. The van der Waals surface area contributed by atoms with Crippen LogP contribution < -0.4 is 5.32 Å². The number of carbonyl (C=O) groups excluding carboxylic acids is 1. The van der Waals surface area contributed by atoms with E-state index in [0.29, 0.717) is 12.1 Å². The maximum Gasteiger partial charge on any atom is 0.252 e. The van der Waals surface area contributed by atoms with Crippen LogP contribution in [-0.4, -0.2) is 11.0 Å². The average molecular weight is 320 g/mol. The van der Waals surface area contributed by atoms with Gasteiger partial charge in [-0.25, -0.2) is 0 Å². The molecule has 0 aliphatic carbocycles. The third-order valence-corrected chi connectivity index (χ3v) is 3.42. The van der Waals surface area contributed by atoms with E-state index >= 15 is 0 Å². The van der Waals surface area contributed by atoms with E-state index in [1.165, 1.54) is 0 Å². The molecule has 0 aromatic heterocycles. The van der Waals surface area contributed by atoms with Crippen molar-refractivity contribution < 1.29 is 9.90 Å². The zero-order valence-corrected chi connectivity index (χ0v) is 12.1. The molecule has 0 saturated heterocycles. The highest BCUT2D eigenvalue weighted by molar-refractivity contribution is 9.10. The summed E-state index contributed by atoms with van der Waals surface area (Å²) in [6.45, 7) is 2.33. The lowest BCUT2D eigenvalue weighted by atomic mass is 10.1. The van der Waals surface area contributed by atoms with Crippen molar-refractivity contribution in [2.24, 2.45) is 0 Å². The first-order valence-electron chi connectivity index (χ1n) is 5.88. The monoisotopic (exact) mass is 319 g/mol. The SMILES string of the molecule is Cc1ccc(Br)c(C(=O)NCc2cccc(O)c2)c1. The Morgan fingerprint density at radius 2 is 2.05 bits per heavy atom. The van der Waals surface area contributed by atoms with Gasteiger partial charge in [-0.05, 0) is 52.7 Å². The molecule has 2 aromatic rings. The van der Waals surface area contributed by atoms with Crippen LogP contribution in [0.15, 0.2) is 46.9 Å². The Morgan fingerprint density at radius 1 is 1.26 bits per heavy atom. The number of hydrogen-bond acceptors (Lipinski definition) is 2. The van der Waals surface area contributed by atoms with Gasteiger partial charge < -0.3 is 10.4 Å². The van der Waals surface area contributed by atoms with Gasteiger partial charge in [0.1, 0.15) is 5.75 Å². The van der Waals surface area contributed by atoms with Crippen molar-refractivity contribution in [2.75, 3.05) is 0 Å². The molecule has 0 saturated carbocycles. The number of halogens is 1. The van der Waals surface area contributed by atoms with E-state index in [0.717, 1.165) is 15.6 Å². The third-order valence-electron chi connectivity index (χ3n) is 2.73. The molecule has 0 radical (unpaired) electrons. The molecule has 98 valence electrons. The van der Waals surface area contributed by atoms with Crippen LogP contribution in [0.5, 0.6) is 5.75 Å². The van der Waals surface area contributed by atoms with Gasteiger partial charge in [-0.15, -0.1) is 0 Å². The van der Waals surface area contributed by atoms with Crippen LogP contribution in [0.25, 0.3) is 0 Å². The zero-order chi connectivity index (χ0) is 13.8. The Balaban J connectivity index is 2.07. The van der Waals surface area contributed by atoms with Gasteiger partial charge in [0.2, 0.25) is 0 Å². The first-order chi connectivity index (χ1) is 9.06. The Morgan fingerprint density at radius 3 is 2.79 bits per heavy atom. The molecule has 1 amide bonds. The summed E-state index contributed by atoms with van der Waals surface area (Å²) in [5.74, 6) is 0.0578. The number of carbonyl (C=O) groups is 1. The molecule has 0 atom stereocenters. The van der Waals surface area contributed by atoms with Crippen LogP contribution in [-0.2, 0) is 6.54 Å². The van der Waals surface area contributed by atoms with Crippen LogP contribution in [0.4, 0.5) is 0 Å². The minimum Gasteiger partial charge on any atom is -0.508 e. The van der Waals surface area contributed by atoms with Crippen molar-refractivity contribution >= 4 is 21.8 Å². The van der Waals surface area contributed by atoms with E-state index in [2.05, 4.69) is 21.2 Å². The Labute approximate surface area is 120 Å². The summed E-state index contributed by atoms with van der Waals surface area (Å²) in [5.41, 5.74) is 2.50. The van der Waals surface area contributed by atoms with E-state index in [1.54, 1.807) is 18.2 Å². The van der Waals surface area contributed by atoms with Crippen LogP contribution >= 0.6 is 15.9 Å². The molecule has 0 fully saturated rings. The number of benzene rings is 2. The van der Waals surface area contributed by atoms with Crippen molar-refractivity contribution in [3.8, 4) is 5.75 Å². The number of nitrogens with one attached hydrogen (secondary N) is 1. The van der Waals surface area contributed by atoms with Gasteiger partial charge in [0, 0.05) is 11.0 Å². The second-order valence-electron chi connectivity index (χ2n) is 4.34. The number of phenolic OH excluding ortho intramolecular Hbond substituents is 1. The number of amides is 1. The fourth-order valence-corrected chi connectivity index (χ4v) is 2.18. The van der Waals surface area contributed by atoms with Crippen molar-refractivity contribution in [3.63, 3.8) is 0 Å². The molecule has 0 spiro atoms.